The Morgan fingerprint density at radius 1 is 0.865 bits per heavy atom. The van der Waals surface area contributed by atoms with Gasteiger partial charge in [0.15, 0.2) is 0 Å². The molecule has 2 fully saturated rings. The van der Waals surface area contributed by atoms with Crippen molar-refractivity contribution in [1.29, 1.82) is 0 Å². The normalized spacial score (nSPS) is 20.2. The van der Waals surface area contributed by atoms with Gasteiger partial charge in [0.05, 0.1) is 5.56 Å². The van der Waals surface area contributed by atoms with Gasteiger partial charge in [-0.1, -0.05) is 60.7 Å². The number of alkyl halides is 3. The third-order valence-corrected chi connectivity index (χ3v) is 10.2. The first-order chi connectivity index (χ1) is 24.5. The van der Waals surface area contributed by atoms with Gasteiger partial charge >= 0.3 is 18.2 Å². The molecule has 9 nitrogen and oxygen atoms in total. The average Bonchev–Trinajstić information content (AvgIpc) is 3.78. The second-order valence-electron chi connectivity index (χ2n) is 15.1. The molecule has 276 valence electrons. The highest BCUT2D eigenvalue weighted by Crippen LogP contribution is 2.47. The van der Waals surface area contributed by atoms with Crippen molar-refractivity contribution in [1.82, 2.24) is 14.7 Å². The number of esters is 1. The van der Waals surface area contributed by atoms with E-state index in [2.05, 4.69) is 0 Å². The SMILES string of the molecule is CN(CC(=O)OC(C)(C)C)C(=O)[C@H](Cc1ccc(C(F)(F)F)cc1)N1C[C@@H]2C[C@@H]2C[C@H](N(C)C(=O)OCC2c3ccccc3-c3ccccc32)C1=O. The van der Waals surface area contributed by atoms with Gasteiger partial charge in [0.2, 0.25) is 11.8 Å². The van der Waals surface area contributed by atoms with Gasteiger partial charge in [-0.3, -0.25) is 19.3 Å². The quantitative estimate of drug-likeness (QED) is 0.234. The van der Waals surface area contributed by atoms with Gasteiger partial charge in [-0.2, -0.15) is 13.2 Å². The summed E-state index contributed by atoms with van der Waals surface area (Å²) in [4.78, 5) is 58.9. The van der Waals surface area contributed by atoms with Crippen molar-refractivity contribution in [3.8, 4) is 11.1 Å². The van der Waals surface area contributed by atoms with E-state index < -0.39 is 59.8 Å². The summed E-state index contributed by atoms with van der Waals surface area (Å²) in [6, 6.07) is 18.3. The van der Waals surface area contributed by atoms with E-state index in [0.717, 1.165) is 40.8 Å². The fourth-order valence-corrected chi connectivity index (χ4v) is 7.46. The lowest BCUT2D eigenvalue weighted by Gasteiger charge is -2.37. The van der Waals surface area contributed by atoms with E-state index >= 15 is 0 Å². The van der Waals surface area contributed by atoms with Crippen LogP contribution >= 0.6 is 0 Å². The van der Waals surface area contributed by atoms with Crippen molar-refractivity contribution in [3.63, 3.8) is 0 Å². The predicted molar refractivity (Wildman–Crippen MR) is 187 cm³/mol. The van der Waals surface area contributed by atoms with Crippen LogP contribution in [-0.2, 0) is 36.5 Å². The number of carbonyl (C=O) groups is 4. The maximum Gasteiger partial charge on any atom is 0.416 e. The van der Waals surface area contributed by atoms with E-state index in [-0.39, 0.29) is 37.3 Å². The molecule has 12 heteroatoms. The molecule has 0 bridgehead atoms. The Labute approximate surface area is 301 Å². The lowest BCUT2D eigenvalue weighted by molar-refractivity contribution is -0.159. The summed E-state index contributed by atoms with van der Waals surface area (Å²) in [5.41, 5.74) is 3.05. The highest BCUT2D eigenvalue weighted by molar-refractivity contribution is 5.93. The van der Waals surface area contributed by atoms with Crippen molar-refractivity contribution >= 4 is 23.9 Å². The fraction of sp³-hybridized carbons (Fsp3) is 0.450. The summed E-state index contributed by atoms with van der Waals surface area (Å²) >= 11 is 0. The number of likely N-dealkylation sites (tertiary alicyclic amines) is 1. The van der Waals surface area contributed by atoms with Crippen molar-refractivity contribution in [2.24, 2.45) is 11.8 Å². The van der Waals surface area contributed by atoms with Gasteiger partial charge in [0, 0.05) is 33.0 Å². The van der Waals surface area contributed by atoms with Gasteiger partial charge in [-0.05, 0) is 85.4 Å². The third kappa shape index (κ3) is 7.95. The van der Waals surface area contributed by atoms with Crippen LogP contribution in [0, 0.1) is 11.8 Å². The fourth-order valence-electron chi connectivity index (χ4n) is 7.46. The zero-order valence-electron chi connectivity index (χ0n) is 30.0. The van der Waals surface area contributed by atoms with Crippen LogP contribution < -0.4 is 0 Å². The minimum Gasteiger partial charge on any atom is -0.459 e. The topological polar surface area (TPSA) is 96.5 Å². The number of nitrogens with zero attached hydrogens (tertiary/aromatic N) is 3. The zero-order valence-corrected chi connectivity index (χ0v) is 30.0. The molecule has 6 rings (SSSR count). The van der Waals surface area contributed by atoms with E-state index in [1.807, 2.05) is 48.5 Å². The van der Waals surface area contributed by atoms with E-state index in [9.17, 15) is 32.3 Å². The molecule has 1 saturated heterocycles. The van der Waals surface area contributed by atoms with Gasteiger partial charge in [-0.25, -0.2) is 4.79 Å². The van der Waals surface area contributed by atoms with Crippen LogP contribution in [0.3, 0.4) is 0 Å². The van der Waals surface area contributed by atoms with Gasteiger partial charge in [-0.15, -0.1) is 0 Å². The van der Waals surface area contributed by atoms with Crippen molar-refractivity contribution < 1.29 is 41.8 Å². The molecule has 2 aliphatic carbocycles. The van der Waals surface area contributed by atoms with E-state index in [1.165, 1.54) is 40.9 Å². The highest BCUT2D eigenvalue weighted by atomic mass is 19.4. The van der Waals surface area contributed by atoms with Crippen molar-refractivity contribution in [2.45, 2.75) is 69.8 Å². The zero-order chi connectivity index (χ0) is 37.5. The summed E-state index contributed by atoms with van der Waals surface area (Å²) in [5, 5.41) is 0. The Morgan fingerprint density at radius 2 is 1.46 bits per heavy atom. The van der Waals surface area contributed by atoms with Crippen LogP contribution in [0.15, 0.2) is 72.8 Å². The Bertz CT molecular complexity index is 1790. The largest absolute Gasteiger partial charge is 0.459 e. The van der Waals surface area contributed by atoms with Gasteiger partial charge < -0.3 is 19.3 Å². The number of fused-ring (bicyclic) bond motifs is 4. The van der Waals surface area contributed by atoms with Crippen LogP contribution in [0.5, 0.6) is 0 Å². The molecular weight excluding hydrogens is 675 g/mol. The maximum atomic E-state index is 14.5. The number of halogens is 3. The number of hydrogen-bond acceptors (Lipinski definition) is 6. The minimum atomic E-state index is -4.54. The van der Waals surface area contributed by atoms with Crippen LogP contribution in [0.2, 0.25) is 0 Å². The minimum absolute atomic E-state index is 0.0678. The Balaban J connectivity index is 1.23. The molecule has 0 aromatic heterocycles. The third-order valence-electron chi connectivity index (χ3n) is 10.2. The molecule has 0 radical (unpaired) electrons. The highest BCUT2D eigenvalue weighted by Gasteiger charge is 2.50. The average molecular weight is 720 g/mol. The van der Waals surface area contributed by atoms with Crippen LogP contribution in [-0.4, -0.2) is 90.1 Å². The Kier molecular flexibility index (Phi) is 10.1. The number of likely N-dealkylation sites (N-methyl/N-ethyl adjacent to an activating group) is 2. The lowest BCUT2D eigenvalue weighted by atomic mass is 9.98. The molecule has 3 aromatic carbocycles. The number of ether oxygens (including phenoxy) is 2. The first-order valence-corrected chi connectivity index (χ1v) is 17.5. The van der Waals surface area contributed by atoms with E-state index in [0.29, 0.717) is 12.0 Å². The summed E-state index contributed by atoms with van der Waals surface area (Å²) in [6.45, 7) is 5.02. The molecule has 3 aliphatic rings. The van der Waals surface area contributed by atoms with Crippen molar-refractivity contribution in [3.05, 3.63) is 95.1 Å². The van der Waals surface area contributed by atoms with E-state index in [1.54, 1.807) is 20.8 Å². The molecule has 4 atom stereocenters. The number of carbonyl (C=O) groups excluding carboxylic acids is 4. The van der Waals surface area contributed by atoms with Crippen LogP contribution in [0.1, 0.15) is 61.8 Å². The number of amides is 3. The predicted octanol–water partition coefficient (Wildman–Crippen LogP) is 6.53. The molecule has 1 heterocycles. The monoisotopic (exact) mass is 719 g/mol. The summed E-state index contributed by atoms with van der Waals surface area (Å²) in [5.74, 6) is -1.62. The summed E-state index contributed by atoms with van der Waals surface area (Å²) in [6.07, 6.45) is -4.13. The van der Waals surface area contributed by atoms with Crippen LogP contribution in [0.4, 0.5) is 18.0 Å². The molecule has 1 saturated carbocycles. The number of rotatable bonds is 9. The standard InChI is InChI=1S/C40H44F3N3O6/c1-39(2,3)52-35(47)22-44(4)36(48)34(18-24-14-16-27(17-15-24)40(41,42)43)46-21-26-19-25(26)20-33(37(46)49)45(5)38(50)51-23-32-30-12-8-6-10-28(30)29-11-7-9-13-31(29)32/h6-17,25-26,32-34H,18-23H2,1-5H3/t25-,26+,33+,34+/m1/s1. The molecule has 3 amide bonds. The molecule has 0 N–H and O–H groups in total. The lowest BCUT2D eigenvalue weighted by Crippen LogP contribution is -2.57. The smallest absolute Gasteiger partial charge is 0.416 e. The molecular formula is C40H44F3N3O6. The summed E-state index contributed by atoms with van der Waals surface area (Å²) < 4.78 is 51.3. The van der Waals surface area contributed by atoms with Crippen molar-refractivity contribution in [2.75, 3.05) is 33.8 Å². The van der Waals surface area contributed by atoms with Gasteiger partial charge in [0.25, 0.3) is 0 Å². The van der Waals surface area contributed by atoms with Crippen LogP contribution in [0.25, 0.3) is 11.1 Å². The second-order valence-corrected chi connectivity index (χ2v) is 15.1. The number of hydrogen-bond donors (Lipinski definition) is 0. The van der Waals surface area contributed by atoms with E-state index in [4.69, 9.17) is 9.47 Å². The molecule has 52 heavy (non-hydrogen) atoms. The second kappa shape index (κ2) is 14.3. The molecule has 0 unspecified atom stereocenters. The number of benzene rings is 3. The summed E-state index contributed by atoms with van der Waals surface area (Å²) in [7, 11) is 2.94. The molecule has 0 spiro atoms. The molecule has 3 aromatic rings. The molecule has 1 aliphatic heterocycles. The van der Waals surface area contributed by atoms with Gasteiger partial charge in [0.1, 0.15) is 30.8 Å². The Hall–Kier alpha value is -4.87. The first-order valence-electron chi connectivity index (χ1n) is 17.5. The maximum absolute atomic E-state index is 14.5. The first kappa shape index (κ1) is 36.9. The Morgan fingerprint density at radius 3 is 2.04 bits per heavy atom.